The van der Waals surface area contributed by atoms with Crippen LogP contribution < -0.4 is 5.32 Å². The molecule has 1 spiro atoms. The fraction of sp³-hybridized carbons (Fsp3) is 0.944. The fourth-order valence-corrected chi connectivity index (χ4v) is 3.77. The third-order valence-electron chi connectivity index (χ3n) is 6.15. The van der Waals surface area contributed by atoms with Gasteiger partial charge < -0.3 is 19.7 Å². The molecule has 2 saturated heterocycles. The maximum absolute atomic E-state index is 12.7. The van der Waals surface area contributed by atoms with Crippen LogP contribution in [0.15, 0.2) is 0 Å². The van der Waals surface area contributed by atoms with E-state index in [1.165, 1.54) is 0 Å². The first-order chi connectivity index (χ1) is 11.1. The van der Waals surface area contributed by atoms with Gasteiger partial charge in [-0.2, -0.15) is 0 Å². The van der Waals surface area contributed by atoms with Gasteiger partial charge in [0.1, 0.15) is 0 Å². The minimum absolute atomic E-state index is 0.0705. The van der Waals surface area contributed by atoms with Crippen molar-refractivity contribution in [2.24, 2.45) is 10.8 Å². The summed E-state index contributed by atoms with van der Waals surface area (Å²) < 4.78 is 11.3. The van der Waals surface area contributed by atoms with Gasteiger partial charge in [0.2, 0.25) is 0 Å². The molecule has 2 aliphatic rings. The fourth-order valence-electron chi connectivity index (χ4n) is 3.77. The number of carbonyl (C=O) groups excluding carboxylic acids is 1. The van der Waals surface area contributed by atoms with Crippen LogP contribution in [0.1, 0.15) is 52.9 Å². The Hall–Kier alpha value is -0.810. The monoisotopic (exact) mass is 326 g/mol. The van der Waals surface area contributed by atoms with Gasteiger partial charge in [-0.3, -0.25) is 0 Å². The van der Waals surface area contributed by atoms with E-state index < -0.39 is 0 Å². The Balaban J connectivity index is 1.94. The predicted octanol–water partition coefficient (Wildman–Crippen LogP) is 3.04. The molecule has 2 heterocycles. The molecule has 0 aliphatic carbocycles. The Morgan fingerprint density at radius 3 is 2.35 bits per heavy atom. The second kappa shape index (κ2) is 8.34. The van der Waals surface area contributed by atoms with Crippen molar-refractivity contribution >= 4 is 6.03 Å². The predicted molar refractivity (Wildman–Crippen MR) is 91.6 cm³/mol. The first-order valence-electron chi connectivity index (χ1n) is 9.27. The van der Waals surface area contributed by atoms with E-state index in [0.717, 1.165) is 65.0 Å². The number of urea groups is 1. The zero-order valence-corrected chi connectivity index (χ0v) is 15.2. The van der Waals surface area contributed by atoms with Crippen LogP contribution in [0.4, 0.5) is 4.79 Å². The molecule has 0 saturated carbocycles. The smallest absolute Gasteiger partial charge is 0.317 e. The largest absolute Gasteiger partial charge is 0.381 e. The van der Waals surface area contributed by atoms with Crippen molar-refractivity contribution in [2.45, 2.75) is 52.9 Å². The third-order valence-corrected chi connectivity index (χ3v) is 6.15. The molecule has 0 aromatic carbocycles. The van der Waals surface area contributed by atoms with Gasteiger partial charge in [-0.25, -0.2) is 4.79 Å². The van der Waals surface area contributed by atoms with Crippen molar-refractivity contribution in [2.75, 3.05) is 46.1 Å². The highest BCUT2D eigenvalue weighted by Crippen LogP contribution is 2.33. The topological polar surface area (TPSA) is 50.8 Å². The second-order valence-corrected chi connectivity index (χ2v) is 7.31. The molecule has 2 rings (SSSR count). The number of ether oxygens (including phenoxy) is 2. The summed E-state index contributed by atoms with van der Waals surface area (Å²) in [6.45, 7) is 11.8. The maximum Gasteiger partial charge on any atom is 0.317 e. The summed E-state index contributed by atoms with van der Waals surface area (Å²) in [4.78, 5) is 14.7. The second-order valence-electron chi connectivity index (χ2n) is 7.31. The molecule has 0 radical (unpaired) electrons. The number of rotatable bonds is 5. The number of nitrogens with zero attached hydrogens (tertiary/aromatic N) is 1. The maximum atomic E-state index is 12.7. The summed E-state index contributed by atoms with van der Waals surface area (Å²) >= 11 is 0. The van der Waals surface area contributed by atoms with Crippen LogP contribution in [-0.4, -0.2) is 57.0 Å². The summed E-state index contributed by atoms with van der Waals surface area (Å²) in [6, 6.07) is 0.0705. The highest BCUT2D eigenvalue weighted by Gasteiger charge is 2.38. The van der Waals surface area contributed by atoms with Crippen LogP contribution in [0.2, 0.25) is 0 Å². The van der Waals surface area contributed by atoms with E-state index in [0.29, 0.717) is 13.2 Å². The zero-order valence-electron chi connectivity index (χ0n) is 15.2. The first-order valence-corrected chi connectivity index (χ1v) is 9.27. The quantitative estimate of drug-likeness (QED) is 0.845. The minimum Gasteiger partial charge on any atom is -0.381 e. The lowest BCUT2D eigenvalue weighted by atomic mass is 9.80. The van der Waals surface area contributed by atoms with Gasteiger partial charge in [0.25, 0.3) is 0 Å². The molecule has 5 heteroatoms. The van der Waals surface area contributed by atoms with E-state index in [2.05, 4.69) is 26.1 Å². The summed E-state index contributed by atoms with van der Waals surface area (Å²) in [6.07, 6.45) is 5.28. The highest BCUT2D eigenvalue weighted by atomic mass is 16.5. The molecule has 0 bridgehead atoms. The SMILES string of the molecule is CCC(CC)(CC)CNC(=O)N1CCOCC2(CCOCC2)C1. The molecular weight excluding hydrogens is 292 g/mol. The molecule has 2 aliphatic heterocycles. The Bertz CT molecular complexity index is 368. The third kappa shape index (κ3) is 4.60. The normalized spacial score (nSPS) is 22.0. The van der Waals surface area contributed by atoms with Crippen LogP contribution >= 0.6 is 0 Å². The van der Waals surface area contributed by atoms with Crippen molar-refractivity contribution in [3.8, 4) is 0 Å². The van der Waals surface area contributed by atoms with Crippen molar-refractivity contribution < 1.29 is 14.3 Å². The van der Waals surface area contributed by atoms with Crippen molar-refractivity contribution in [3.63, 3.8) is 0 Å². The van der Waals surface area contributed by atoms with Crippen LogP contribution in [0.25, 0.3) is 0 Å². The van der Waals surface area contributed by atoms with Crippen molar-refractivity contribution in [1.82, 2.24) is 10.2 Å². The average Bonchev–Trinajstić information content (AvgIpc) is 2.80. The van der Waals surface area contributed by atoms with E-state index in [4.69, 9.17) is 9.47 Å². The zero-order chi connectivity index (χ0) is 16.8. The molecule has 1 N–H and O–H groups in total. The van der Waals surface area contributed by atoms with Gasteiger partial charge in [0.05, 0.1) is 13.2 Å². The van der Waals surface area contributed by atoms with E-state index in [1.54, 1.807) is 0 Å². The molecule has 0 unspecified atom stereocenters. The average molecular weight is 326 g/mol. The van der Waals surface area contributed by atoms with Gasteiger partial charge in [0, 0.05) is 38.3 Å². The van der Waals surface area contributed by atoms with E-state index in [1.807, 2.05) is 4.90 Å². The molecule has 0 aromatic heterocycles. The number of nitrogens with one attached hydrogen (secondary N) is 1. The molecule has 5 nitrogen and oxygen atoms in total. The van der Waals surface area contributed by atoms with E-state index in [-0.39, 0.29) is 16.9 Å². The Morgan fingerprint density at radius 1 is 1.09 bits per heavy atom. The Labute approximate surface area is 141 Å². The van der Waals surface area contributed by atoms with Crippen LogP contribution in [0.3, 0.4) is 0 Å². The van der Waals surface area contributed by atoms with Crippen LogP contribution in [0.5, 0.6) is 0 Å². The number of carbonyl (C=O) groups is 1. The van der Waals surface area contributed by atoms with Gasteiger partial charge in [-0.15, -0.1) is 0 Å². The van der Waals surface area contributed by atoms with Crippen molar-refractivity contribution in [3.05, 3.63) is 0 Å². The summed E-state index contributed by atoms with van der Waals surface area (Å²) in [7, 11) is 0. The van der Waals surface area contributed by atoms with Gasteiger partial charge in [-0.05, 0) is 37.5 Å². The lowest BCUT2D eigenvalue weighted by Crippen LogP contribution is -2.49. The number of hydrogen-bond donors (Lipinski definition) is 1. The molecule has 134 valence electrons. The van der Waals surface area contributed by atoms with Crippen molar-refractivity contribution in [1.29, 1.82) is 0 Å². The van der Waals surface area contributed by atoms with Gasteiger partial charge in [0.15, 0.2) is 0 Å². The molecule has 0 aromatic rings. The molecule has 2 fully saturated rings. The summed E-state index contributed by atoms with van der Waals surface area (Å²) in [5.41, 5.74) is 0.317. The minimum atomic E-state index is 0.0705. The number of hydrogen-bond acceptors (Lipinski definition) is 3. The number of amides is 2. The molecule has 2 amide bonds. The Morgan fingerprint density at radius 2 is 1.74 bits per heavy atom. The van der Waals surface area contributed by atoms with Gasteiger partial charge in [-0.1, -0.05) is 20.8 Å². The highest BCUT2D eigenvalue weighted by molar-refractivity contribution is 5.74. The lowest BCUT2D eigenvalue weighted by Gasteiger charge is -2.38. The van der Waals surface area contributed by atoms with E-state index in [9.17, 15) is 4.79 Å². The molecular formula is C18H34N2O3. The summed E-state index contributed by atoms with van der Waals surface area (Å²) in [5.74, 6) is 0. The first kappa shape index (κ1) is 18.5. The van der Waals surface area contributed by atoms with Crippen LogP contribution in [-0.2, 0) is 9.47 Å². The van der Waals surface area contributed by atoms with Crippen LogP contribution in [0, 0.1) is 10.8 Å². The summed E-state index contributed by atoms with van der Waals surface area (Å²) in [5, 5.41) is 3.20. The molecule has 23 heavy (non-hydrogen) atoms. The van der Waals surface area contributed by atoms with E-state index >= 15 is 0 Å². The van der Waals surface area contributed by atoms with Gasteiger partial charge >= 0.3 is 6.03 Å². The molecule has 0 atom stereocenters. The standard InChI is InChI=1S/C18H34N2O3/c1-4-17(5-2,6-3)13-19-16(21)20-9-12-23-15-18(14-20)7-10-22-11-8-18/h4-15H2,1-3H3,(H,19,21). The Kier molecular flexibility index (Phi) is 6.72. The lowest BCUT2D eigenvalue weighted by molar-refractivity contribution is -0.0295.